The lowest BCUT2D eigenvalue weighted by Gasteiger charge is -2.07. The first kappa shape index (κ1) is 16.6. The molecule has 0 aliphatic heterocycles. The van der Waals surface area contributed by atoms with E-state index in [4.69, 9.17) is 15.2 Å². The van der Waals surface area contributed by atoms with Crippen molar-refractivity contribution >= 4 is 28.2 Å². The minimum Gasteiger partial charge on any atom is -0.462 e. The molecular weight excluding hydrogens is 280 g/mol. The number of nitrogens with one attached hydrogen (secondary N) is 1. The smallest absolute Gasteiger partial charge is 0.341 e. The maximum Gasteiger partial charge on any atom is 0.341 e. The number of esters is 1. The van der Waals surface area contributed by atoms with Crippen molar-refractivity contribution < 1.29 is 19.1 Å². The SMILES string of the molecule is CCOC(=O)c1c(NC(=O)COCCN)sc(C)c1C. The maximum absolute atomic E-state index is 11.9. The lowest BCUT2D eigenvalue weighted by molar-refractivity contribution is -0.120. The van der Waals surface area contributed by atoms with E-state index in [-0.39, 0.29) is 12.5 Å². The third-order valence-electron chi connectivity index (χ3n) is 2.61. The van der Waals surface area contributed by atoms with Crippen LogP contribution in [0.2, 0.25) is 0 Å². The molecule has 1 rings (SSSR count). The fourth-order valence-electron chi connectivity index (χ4n) is 1.57. The molecule has 0 aliphatic carbocycles. The molecule has 7 heteroatoms. The van der Waals surface area contributed by atoms with E-state index in [0.717, 1.165) is 10.4 Å². The van der Waals surface area contributed by atoms with Crippen LogP contribution in [0.15, 0.2) is 0 Å². The van der Waals surface area contributed by atoms with Gasteiger partial charge in [-0.15, -0.1) is 11.3 Å². The number of carbonyl (C=O) groups excluding carboxylic acids is 2. The van der Waals surface area contributed by atoms with E-state index in [1.165, 1.54) is 11.3 Å². The maximum atomic E-state index is 11.9. The Kier molecular flexibility index (Phi) is 6.63. The Morgan fingerprint density at radius 2 is 2.05 bits per heavy atom. The third kappa shape index (κ3) is 4.29. The van der Waals surface area contributed by atoms with Gasteiger partial charge in [0.15, 0.2) is 0 Å². The van der Waals surface area contributed by atoms with Crippen molar-refractivity contribution in [3.05, 3.63) is 16.0 Å². The van der Waals surface area contributed by atoms with Crippen LogP contribution in [0.4, 0.5) is 5.00 Å². The lowest BCUT2D eigenvalue weighted by Crippen LogP contribution is -2.21. The summed E-state index contributed by atoms with van der Waals surface area (Å²) in [7, 11) is 0. The Bertz CT molecular complexity index is 485. The molecule has 1 amide bonds. The number of nitrogens with two attached hydrogens (primary N) is 1. The van der Waals surface area contributed by atoms with E-state index in [9.17, 15) is 9.59 Å². The van der Waals surface area contributed by atoms with Gasteiger partial charge in [0.1, 0.15) is 11.6 Å². The molecule has 112 valence electrons. The number of aryl methyl sites for hydroxylation is 1. The summed E-state index contributed by atoms with van der Waals surface area (Å²) in [5.41, 5.74) is 6.52. The standard InChI is InChI=1S/C13H20N2O4S/c1-4-19-13(17)11-8(2)9(3)20-12(11)15-10(16)7-18-6-5-14/h4-7,14H2,1-3H3,(H,15,16). The van der Waals surface area contributed by atoms with Gasteiger partial charge in [0.25, 0.3) is 5.91 Å². The van der Waals surface area contributed by atoms with Crippen LogP contribution >= 0.6 is 11.3 Å². The fourth-order valence-corrected chi connectivity index (χ4v) is 2.64. The number of hydrogen-bond donors (Lipinski definition) is 2. The van der Waals surface area contributed by atoms with E-state index >= 15 is 0 Å². The molecule has 0 saturated carbocycles. The molecule has 0 bridgehead atoms. The van der Waals surface area contributed by atoms with Crippen molar-refractivity contribution in [2.75, 3.05) is 31.7 Å². The monoisotopic (exact) mass is 300 g/mol. The van der Waals surface area contributed by atoms with Gasteiger partial charge in [-0.3, -0.25) is 4.79 Å². The number of thiophene rings is 1. The zero-order valence-corrected chi connectivity index (χ0v) is 12.8. The highest BCUT2D eigenvalue weighted by Crippen LogP contribution is 2.32. The molecule has 0 spiro atoms. The number of rotatable bonds is 7. The van der Waals surface area contributed by atoms with E-state index in [0.29, 0.717) is 30.3 Å². The van der Waals surface area contributed by atoms with Gasteiger partial charge in [-0.25, -0.2) is 4.79 Å². The van der Waals surface area contributed by atoms with Crippen molar-refractivity contribution in [3.8, 4) is 0 Å². The van der Waals surface area contributed by atoms with E-state index in [1.54, 1.807) is 6.92 Å². The summed E-state index contributed by atoms with van der Waals surface area (Å²) >= 11 is 1.35. The van der Waals surface area contributed by atoms with Crippen molar-refractivity contribution in [2.24, 2.45) is 5.73 Å². The first-order valence-corrected chi connectivity index (χ1v) is 7.17. The van der Waals surface area contributed by atoms with E-state index < -0.39 is 5.97 Å². The normalized spacial score (nSPS) is 10.4. The summed E-state index contributed by atoms with van der Waals surface area (Å²) in [6.07, 6.45) is 0. The molecule has 0 atom stereocenters. The van der Waals surface area contributed by atoms with Crippen molar-refractivity contribution in [3.63, 3.8) is 0 Å². The molecule has 6 nitrogen and oxygen atoms in total. The number of carbonyl (C=O) groups is 2. The second kappa shape index (κ2) is 7.98. The molecule has 0 saturated heterocycles. The summed E-state index contributed by atoms with van der Waals surface area (Å²) in [6.45, 7) is 6.35. The quantitative estimate of drug-likeness (QED) is 0.587. The van der Waals surface area contributed by atoms with E-state index in [1.807, 2.05) is 13.8 Å². The predicted octanol–water partition coefficient (Wildman–Crippen LogP) is 1.46. The van der Waals surface area contributed by atoms with Gasteiger partial charge >= 0.3 is 5.97 Å². The van der Waals surface area contributed by atoms with Crippen LogP contribution in [0.5, 0.6) is 0 Å². The Morgan fingerprint density at radius 3 is 2.65 bits per heavy atom. The number of amides is 1. The van der Waals surface area contributed by atoms with E-state index in [2.05, 4.69) is 5.32 Å². The highest BCUT2D eigenvalue weighted by Gasteiger charge is 2.21. The first-order valence-electron chi connectivity index (χ1n) is 6.36. The van der Waals surface area contributed by atoms with Crippen LogP contribution in [-0.2, 0) is 14.3 Å². The number of hydrogen-bond acceptors (Lipinski definition) is 6. The zero-order valence-electron chi connectivity index (χ0n) is 11.9. The highest BCUT2D eigenvalue weighted by atomic mass is 32.1. The zero-order chi connectivity index (χ0) is 15.1. The van der Waals surface area contributed by atoms with Crippen LogP contribution in [-0.4, -0.2) is 38.2 Å². The largest absolute Gasteiger partial charge is 0.462 e. The Balaban J connectivity index is 2.81. The molecule has 0 unspecified atom stereocenters. The van der Waals surface area contributed by atoms with Crippen LogP contribution < -0.4 is 11.1 Å². The minimum absolute atomic E-state index is 0.0878. The van der Waals surface area contributed by atoms with Gasteiger partial charge in [-0.1, -0.05) is 0 Å². The number of ether oxygens (including phenoxy) is 2. The van der Waals surface area contributed by atoms with Crippen molar-refractivity contribution in [1.29, 1.82) is 0 Å². The second-order valence-corrected chi connectivity index (χ2v) is 5.32. The van der Waals surface area contributed by atoms with Crippen LogP contribution in [0.1, 0.15) is 27.7 Å². The van der Waals surface area contributed by atoms with Gasteiger partial charge in [-0.05, 0) is 26.3 Å². The Labute approximate surface area is 122 Å². The topological polar surface area (TPSA) is 90.6 Å². The average Bonchev–Trinajstić information content (AvgIpc) is 2.65. The molecule has 20 heavy (non-hydrogen) atoms. The van der Waals surface area contributed by atoms with Gasteiger partial charge in [0.2, 0.25) is 0 Å². The van der Waals surface area contributed by atoms with Crippen LogP contribution in [0, 0.1) is 13.8 Å². The van der Waals surface area contributed by atoms with Gasteiger partial charge in [0.05, 0.1) is 18.8 Å². The second-order valence-electron chi connectivity index (χ2n) is 4.10. The third-order valence-corrected chi connectivity index (χ3v) is 3.74. The molecule has 1 heterocycles. The van der Waals surface area contributed by atoms with Crippen LogP contribution in [0.25, 0.3) is 0 Å². The molecule has 1 aromatic rings. The highest BCUT2D eigenvalue weighted by molar-refractivity contribution is 7.16. The Hall–Kier alpha value is -1.44. The summed E-state index contributed by atoms with van der Waals surface area (Å²) in [4.78, 5) is 24.6. The predicted molar refractivity (Wildman–Crippen MR) is 78.3 cm³/mol. The molecule has 3 N–H and O–H groups in total. The van der Waals surface area contributed by atoms with Crippen molar-refractivity contribution in [1.82, 2.24) is 0 Å². The van der Waals surface area contributed by atoms with Crippen LogP contribution in [0.3, 0.4) is 0 Å². The molecule has 0 fully saturated rings. The lowest BCUT2D eigenvalue weighted by atomic mass is 10.1. The Morgan fingerprint density at radius 1 is 1.35 bits per heavy atom. The van der Waals surface area contributed by atoms with Gasteiger partial charge in [-0.2, -0.15) is 0 Å². The summed E-state index contributed by atoms with van der Waals surface area (Å²) in [5.74, 6) is -0.738. The number of anilines is 1. The van der Waals surface area contributed by atoms with Gasteiger partial charge < -0.3 is 20.5 Å². The molecule has 0 aromatic carbocycles. The summed E-state index contributed by atoms with van der Waals surface area (Å²) < 4.78 is 10.1. The minimum atomic E-state index is -0.424. The first-order chi connectivity index (χ1) is 9.51. The molecule has 0 aliphatic rings. The van der Waals surface area contributed by atoms with Crippen molar-refractivity contribution in [2.45, 2.75) is 20.8 Å². The summed E-state index contributed by atoms with van der Waals surface area (Å²) in [6, 6.07) is 0. The molecular formula is C13H20N2O4S. The average molecular weight is 300 g/mol. The van der Waals surface area contributed by atoms with Gasteiger partial charge in [0, 0.05) is 11.4 Å². The fraction of sp³-hybridized carbons (Fsp3) is 0.538. The molecule has 1 aromatic heterocycles. The molecule has 0 radical (unpaired) electrons. The summed E-state index contributed by atoms with van der Waals surface area (Å²) in [5, 5.41) is 3.18.